The third-order valence-corrected chi connectivity index (χ3v) is 8.42. The average molecular weight is 569 g/mol. The molecule has 6 heteroatoms. The molecule has 2 aromatic carbocycles. The number of ether oxygens (including phenoxy) is 2. The van der Waals surface area contributed by atoms with Crippen LogP contribution in [0.25, 0.3) is 0 Å². The van der Waals surface area contributed by atoms with Gasteiger partial charge in [0.1, 0.15) is 11.5 Å². The van der Waals surface area contributed by atoms with Gasteiger partial charge in [0.25, 0.3) is 0 Å². The molecule has 0 saturated heterocycles. The molecule has 0 spiro atoms. The van der Waals surface area contributed by atoms with Crippen LogP contribution in [0.5, 0.6) is 11.5 Å². The Labute approximate surface area is 249 Å². The predicted molar refractivity (Wildman–Crippen MR) is 169 cm³/mol. The Bertz CT molecular complexity index is 957. The molecule has 2 saturated carbocycles. The number of hydrogen-bond acceptors (Lipinski definition) is 6. The Balaban J connectivity index is 0.000000226. The normalized spacial score (nSPS) is 17.9. The van der Waals surface area contributed by atoms with Gasteiger partial charge in [0.15, 0.2) is 0 Å². The molecule has 0 aromatic heterocycles. The van der Waals surface area contributed by atoms with Crippen molar-refractivity contribution in [1.82, 2.24) is 10.2 Å². The van der Waals surface area contributed by atoms with Crippen molar-refractivity contribution in [3.05, 3.63) is 59.7 Å². The van der Waals surface area contributed by atoms with E-state index in [1.807, 2.05) is 69.7 Å². The summed E-state index contributed by atoms with van der Waals surface area (Å²) in [6.45, 7) is 3.33. The van der Waals surface area contributed by atoms with E-state index in [-0.39, 0.29) is 0 Å². The lowest BCUT2D eigenvalue weighted by atomic mass is 9.90. The molecule has 3 N–H and O–H groups in total. The van der Waals surface area contributed by atoms with Gasteiger partial charge in [-0.15, -0.1) is 0 Å². The summed E-state index contributed by atoms with van der Waals surface area (Å²) in [5, 5.41) is 23.4. The molecule has 0 bridgehead atoms. The summed E-state index contributed by atoms with van der Waals surface area (Å²) in [4.78, 5) is 2.09. The number of rotatable bonds is 14. The van der Waals surface area contributed by atoms with E-state index in [0.29, 0.717) is 11.8 Å². The molecular formula is C35H56N2O4. The third-order valence-electron chi connectivity index (χ3n) is 8.42. The SMILES string of the molecule is CN(C)CCC(O)c1cccc(OCC2CCCCC2)c1.CNCCC(O)c1cccc(OCC2CCCCC2)c1. The van der Waals surface area contributed by atoms with Crippen molar-refractivity contribution >= 4 is 0 Å². The fourth-order valence-electron chi connectivity index (χ4n) is 5.75. The van der Waals surface area contributed by atoms with Crippen LogP contribution in [-0.4, -0.2) is 62.6 Å². The lowest BCUT2D eigenvalue weighted by molar-refractivity contribution is 0.153. The first kappa shape index (κ1) is 33.4. The van der Waals surface area contributed by atoms with Crippen LogP contribution in [0.15, 0.2) is 48.5 Å². The monoisotopic (exact) mass is 568 g/mol. The molecule has 230 valence electrons. The summed E-state index contributed by atoms with van der Waals surface area (Å²) in [5.41, 5.74) is 1.90. The maximum absolute atomic E-state index is 10.2. The molecule has 2 aromatic rings. The van der Waals surface area contributed by atoms with E-state index >= 15 is 0 Å². The van der Waals surface area contributed by atoms with E-state index in [0.717, 1.165) is 61.8 Å². The van der Waals surface area contributed by atoms with E-state index in [1.54, 1.807) is 0 Å². The molecule has 0 heterocycles. The highest BCUT2D eigenvalue weighted by Crippen LogP contribution is 2.27. The van der Waals surface area contributed by atoms with Crippen LogP contribution in [0.3, 0.4) is 0 Å². The highest BCUT2D eigenvalue weighted by atomic mass is 16.5. The Kier molecular flexibility index (Phi) is 15.6. The van der Waals surface area contributed by atoms with Crippen molar-refractivity contribution in [3.8, 4) is 11.5 Å². The minimum atomic E-state index is -0.416. The molecule has 2 aliphatic carbocycles. The minimum absolute atomic E-state index is 0.411. The van der Waals surface area contributed by atoms with E-state index in [1.165, 1.54) is 64.2 Å². The number of benzene rings is 2. The molecule has 2 atom stereocenters. The fourth-order valence-corrected chi connectivity index (χ4v) is 5.75. The van der Waals surface area contributed by atoms with Crippen LogP contribution in [0.1, 0.15) is 100 Å². The molecule has 2 fully saturated rings. The smallest absolute Gasteiger partial charge is 0.119 e. The van der Waals surface area contributed by atoms with E-state index in [9.17, 15) is 10.2 Å². The lowest BCUT2D eigenvalue weighted by Gasteiger charge is -2.22. The molecular weight excluding hydrogens is 512 g/mol. The van der Waals surface area contributed by atoms with Gasteiger partial charge >= 0.3 is 0 Å². The van der Waals surface area contributed by atoms with E-state index in [2.05, 4.69) is 10.2 Å². The van der Waals surface area contributed by atoms with Gasteiger partial charge in [-0.3, -0.25) is 0 Å². The van der Waals surface area contributed by atoms with Crippen molar-refractivity contribution in [1.29, 1.82) is 0 Å². The zero-order valence-electron chi connectivity index (χ0n) is 25.9. The van der Waals surface area contributed by atoms with Gasteiger partial charge in [-0.05, 0) is 113 Å². The topological polar surface area (TPSA) is 74.2 Å². The third kappa shape index (κ3) is 13.2. The Morgan fingerprint density at radius 1 is 0.732 bits per heavy atom. The maximum Gasteiger partial charge on any atom is 0.119 e. The molecule has 41 heavy (non-hydrogen) atoms. The summed E-state index contributed by atoms with van der Waals surface area (Å²) in [7, 11) is 5.95. The minimum Gasteiger partial charge on any atom is -0.493 e. The molecule has 6 nitrogen and oxygen atoms in total. The largest absolute Gasteiger partial charge is 0.493 e. The van der Waals surface area contributed by atoms with Crippen molar-refractivity contribution < 1.29 is 19.7 Å². The summed E-state index contributed by atoms with van der Waals surface area (Å²) in [5.74, 6) is 3.20. The van der Waals surface area contributed by atoms with Gasteiger partial charge in [-0.2, -0.15) is 0 Å². The molecule has 0 amide bonds. The Morgan fingerprint density at radius 3 is 1.63 bits per heavy atom. The van der Waals surface area contributed by atoms with Crippen LogP contribution < -0.4 is 14.8 Å². The van der Waals surface area contributed by atoms with Gasteiger partial charge < -0.3 is 29.9 Å². The first-order valence-electron chi connectivity index (χ1n) is 16.1. The van der Waals surface area contributed by atoms with Crippen molar-refractivity contribution in [3.63, 3.8) is 0 Å². The second kappa shape index (κ2) is 19.1. The summed E-state index contributed by atoms with van der Waals surface area (Å²) < 4.78 is 11.9. The van der Waals surface area contributed by atoms with E-state index < -0.39 is 12.2 Å². The summed E-state index contributed by atoms with van der Waals surface area (Å²) in [6.07, 6.45) is 14.0. The van der Waals surface area contributed by atoms with Crippen LogP contribution in [0, 0.1) is 11.8 Å². The summed E-state index contributed by atoms with van der Waals surface area (Å²) in [6, 6.07) is 15.8. The molecule has 2 aliphatic rings. The second-order valence-electron chi connectivity index (χ2n) is 12.3. The fraction of sp³-hybridized carbons (Fsp3) is 0.657. The zero-order valence-corrected chi connectivity index (χ0v) is 25.9. The number of hydrogen-bond donors (Lipinski definition) is 3. The van der Waals surface area contributed by atoms with Crippen molar-refractivity contribution in [2.24, 2.45) is 11.8 Å². The first-order chi connectivity index (χ1) is 19.9. The highest BCUT2D eigenvalue weighted by molar-refractivity contribution is 5.30. The summed E-state index contributed by atoms with van der Waals surface area (Å²) >= 11 is 0. The second-order valence-corrected chi connectivity index (χ2v) is 12.3. The van der Waals surface area contributed by atoms with Crippen molar-refractivity contribution in [2.45, 2.75) is 89.3 Å². The van der Waals surface area contributed by atoms with Gasteiger partial charge in [0.05, 0.1) is 25.4 Å². The van der Waals surface area contributed by atoms with E-state index in [4.69, 9.17) is 9.47 Å². The van der Waals surface area contributed by atoms with Gasteiger partial charge in [0, 0.05) is 6.54 Å². The quantitative estimate of drug-likeness (QED) is 0.230. The lowest BCUT2D eigenvalue weighted by Crippen LogP contribution is -2.16. The Morgan fingerprint density at radius 2 is 1.20 bits per heavy atom. The average Bonchev–Trinajstić information content (AvgIpc) is 3.02. The maximum atomic E-state index is 10.2. The van der Waals surface area contributed by atoms with Gasteiger partial charge in [0.2, 0.25) is 0 Å². The van der Waals surface area contributed by atoms with Gasteiger partial charge in [-0.1, -0.05) is 62.8 Å². The zero-order chi connectivity index (χ0) is 29.3. The predicted octanol–water partition coefficient (Wildman–Crippen LogP) is 6.92. The molecule has 0 aliphatic heterocycles. The van der Waals surface area contributed by atoms with Crippen LogP contribution in [0.4, 0.5) is 0 Å². The molecule has 0 radical (unpaired) electrons. The number of nitrogens with zero attached hydrogens (tertiary/aromatic N) is 1. The van der Waals surface area contributed by atoms with Gasteiger partial charge in [-0.25, -0.2) is 0 Å². The molecule has 2 unspecified atom stereocenters. The van der Waals surface area contributed by atoms with Crippen LogP contribution in [-0.2, 0) is 0 Å². The Hall–Kier alpha value is -2.12. The highest BCUT2D eigenvalue weighted by Gasteiger charge is 2.16. The standard InChI is InChI=1S/C18H29NO2.C17H27NO2/c1-19(2)12-11-18(20)16-9-6-10-17(13-16)21-14-15-7-4-3-5-8-15;1-18-11-10-17(19)15-8-5-9-16(12-15)20-13-14-6-3-2-4-7-14/h6,9-10,13,15,18,20H,3-5,7-8,11-12,14H2,1-2H3;5,8-9,12,14,17-19H,2-4,6-7,10-11,13H2,1H3. The van der Waals surface area contributed by atoms with Crippen LogP contribution in [0.2, 0.25) is 0 Å². The number of nitrogens with one attached hydrogen (secondary N) is 1. The van der Waals surface area contributed by atoms with Crippen LogP contribution >= 0.6 is 0 Å². The molecule has 4 rings (SSSR count). The number of aliphatic hydroxyl groups is 2. The van der Waals surface area contributed by atoms with Crippen molar-refractivity contribution in [2.75, 3.05) is 47.4 Å². The number of aliphatic hydroxyl groups excluding tert-OH is 2. The first-order valence-corrected chi connectivity index (χ1v) is 16.1.